The Morgan fingerprint density at radius 2 is 2.20 bits per heavy atom. The van der Waals surface area contributed by atoms with Crippen molar-refractivity contribution in [3.8, 4) is 11.8 Å². The van der Waals surface area contributed by atoms with E-state index in [1.165, 1.54) is 25.7 Å². The first-order valence-electron chi connectivity index (χ1n) is 6.48. The van der Waals surface area contributed by atoms with Crippen LogP contribution in [0.5, 0.6) is 0 Å². The first-order valence-corrected chi connectivity index (χ1v) is 6.48. The summed E-state index contributed by atoms with van der Waals surface area (Å²) < 4.78 is 0. The molecular formula is C14H23N. The van der Waals surface area contributed by atoms with Crippen molar-refractivity contribution in [3.05, 3.63) is 0 Å². The summed E-state index contributed by atoms with van der Waals surface area (Å²) in [5.41, 5.74) is 0. The normalized spacial score (nSPS) is 34.9. The molecule has 2 bridgehead atoms. The molecule has 0 amide bonds. The van der Waals surface area contributed by atoms with E-state index in [0.29, 0.717) is 6.04 Å². The van der Waals surface area contributed by atoms with Crippen molar-refractivity contribution in [2.45, 2.75) is 52.0 Å². The summed E-state index contributed by atoms with van der Waals surface area (Å²) in [6, 6.07) is 0.665. The zero-order chi connectivity index (χ0) is 10.7. The Labute approximate surface area is 94.0 Å². The van der Waals surface area contributed by atoms with Gasteiger partial charge in [-0.2, -0.15) is 0 Å². The van der Waals surface area contributed by atoms with Crippen molar-refractivity contribution >= 4 is 0 Å². The van der Waals surface area contributed by atoms with Crippen LogP contribution < -0.4 is 5.32 Å². The molecule has 1 N–H and O–H groups in total. The van der Waals surface area contributed by atoms with Crippen LogP contribution in [0.1, 0.15) is 46.0 Å². The van der Waals surface area contributed by atoms with E-state index in [9.17, 15) is 0 Å². The summed E-state index contributed by atoms with van der Waals surface area (Å²) >= 11 is 0. The van der Waals surface area contributed by atoms with Crippen LogP contribution in [0.25, 0.3) is 0 Å². The summed E-state index contributed by atoms with van der Waals surface area (Å²) in [5.74, 6) is 9.28. The van der Waals surface area contributed by atoms with Crippen LogP contribution in [0.3, 0.4) is 0 Å². The molecule has 0 heterocycles. The highest BCUT2D eigenvalue weighted by Crippen LogP contribution is 2.49. The summed E-state index contributed by atoms with van der Waals surface area (Å²) in [4.78, 5) is 0. The summed E-state index contributed by atoms with van der Waals surface area (Å²) in [7, 11) is 0. The van der Waals surface area contributed by atoms with Crippen molar-refractivity contribution in [1.29, 1.82) is 0 Å². The minimum atomic E-state index is 0.665. The van der Waals surface area contributed by atoms with Crippen LogP contribution in [0.2, 0.25) is 0 Å². The molecule has 0 aromatic carbocycles. The van der Waals surface area contributed by atoms with Gasteiger partial charge in [-0.05, 0) is 50.5 Å². The Bertz CT molecular complexity index is 260. The van der Waals surface area contributed by atoms with Crippen molar-refractivity contribution in [1.82, 2.24) is 5.32 Å². The average Bonchev–Trinajstić information content (AvgIpc) is 2.85. The van der Waals surface area contributed by atoms with E-state index in [0.717, 1.165) is 30.7 Å². The maximum absolute atomic E-state index is 3.64. The lowest BCUT2D eigenvalue weighted by Crippen LogP contribution is -2.38. The zero-order valence-corrected chi connectivity index (χ0v) is 10.1. The minimum absolute atomic E-state index is 0.665. The number of hydrogen-bond donors (Lipinski definition) is 1. The van der Waals surface area contributed by atoms with Gasteiger partial charge in [0.1, 0.15) is 0 Å². The maximum Gasteiger partial charge on any atom is 0.0246 e. The van der Waals surface area contributed by atoms with Crippen molar-refractivity contribution in [2.75, 3.05) is 6.54 Å². The Morgan fingerprint density at radius 3 is 2.73 bits per heavy atom. The lowest BCUT2D eigenvalue weighted by Gasteiger charge is -2.30. The van der Waals surface area contributed by atoms with Gasteiger partial charge in [0.15, 0.2) is 0 Å². The number of rotatable bonds is 4. The van der Waals surface area contributed by atoms with Gasteiger partial charge in [0.2, 0.25) is 0 Å². The number of hydrogen-bond acceptors (Lipinski definition) is 1. The highest BCUT2D eigenvalue weighted by atomic mass is 14.9. The van der Waals surface area contributed by atoms with Crippen LogP contribution in [-0.2, 0) is 0 Å². The lowest BCUT2D eigenvalue weighted by molar-refractivity contribution is 0.253. The summed E-state index contributed by atoms with van der Waals surface area (Å²) in [5, 5.41) is 3.64. The molecule has 1 heteroatoms. The molecule has 0 radical (unpaired) electrons. The van der Waals surface area contributed by atoms with Crippen LogP contribution in [0.4, 0.5) is 0 Å². The Kier molecular flexibility index (Phi) is 3.70. The predicted octanol–water partition coefficient (Wildman–Crippen LogP) is 2.81. The Morgan fingerprint density at radius 1 is 1.33 bits per heavy atom. The smallest absolute Gasteiger partial charge is 0.0246 e. The molecule has 0 spiro atoms. The molecule has 2 aliphatic carbocycles. The second-order valence-corrected chi connectivity index (χ2v) is 5.13. The summed E-state index contributed by atoms with van der Waals surface area (Å²) in [6.45, 7) is 5.24. The quantitative estimate of drug-likeness (QED) is 0.696. The van der Waals surface area contributed by atoms with E-state index in [4.69, 9.17) is 0 Å². The highest BCUT2D eigenvalue weighted by Gasteiger charge is 2.42. The van der Waals surface area contributed by atoms with E-state index < -0.39 is 0 Å². The third-order valence-electron chi connectivity index (χ3n) is 4.27. The van der Waals surface area contributed by atoms with Crippen molar-refractivity contribution < 1.29 is 0 Å². The van der Waals surface area contributed by atoms with Crippen molar-refractivity contribution in [3.63, 3.8) is 0 Å². The van der Waals surface area contributed by atoms with Crippen LogP contribution in [-0.4, -0.2) is 12.6 Å². The fourth-order valence-electron chi connectivity index (χ4n) is 3.64. The van der Waals surface area contributed by atoms with Gasteiger partial charge in [-0.1, -0.05) is 13.3 Å². The maximum atomic E-state index is 3.64. The molecule has 2 saturated carbocycles. The zero-order valence-electron chi connectivity index (χ0n) is 10.1. The molecule has 84 valence electrons. The van der Waals surface area contributed by atoms with Crippen LogP contribution >= 0.6 is 0 Å². The predicted molar refractivity (Wildman–Crippen MR) is 64.5 cm³/mol. The molecule has 4 unspecified atom stereocenters. The first kappa shape index (κ1) is 11.0. The van der Waals surface area contributed by atoms with Gasteiger partial charge in [-0.15, -0.1) is 11.8 Å². The fourth-order valence-corrected chi connectivity index (χ4v) is 3.64. The molecular weight excluding hydrogens is 182 g/mol. The van der Waals surface area contributed by atoms with E-state index >= 15 is 0 Å². The first-order chi connectivity index (χ1) is 7.35. The highest BCUT2D eigenvalue weighted by molar-refractivity contribution is 5.03. The second-order valence-electron chi connectivity index (χ2n) is 5.13. The van der Waals surface area contributed by atoms with Gasteiger partial charge in [0.25, 0.3) is 0 Å². The van der Waals surface area contributed by atoms with Gasteiger partial charge in [-0.25, -0.2) is 0 Å². The molecule has 0 saturated heterocycles. The molecule has 1 nitrogen and oxygen atoms in total. The lowest BCUT2D eigenvalue weighted by atomic mass is 9.82. The van der Waals surface area contributed by atoms with E-state index in [1.54, 1.807) is 0 Å². The van der Waals surface area contributed by atoms with Crippen LogP contribution in [0.15, 0.2) is 0 Å². The molecule has 15 heavy (non-hydrogen) atoms. The molecule has 2 fully saturated rings. The number of fused-ring (bicyclic) bond motifs is 2. The van der Waals surface area contributed by atoms with Crippen LogP contribution in [0, 0.1) is 29.6 Å². The fraction of sp³-hybridized carbons (Fsp3) is 0.857. The van der Waals surface area contributed by atoms with E-state index in [1.807, 2.05) is 6.92 Å². The third-order valence-corrected chi connectivity index (χ3v) is 4.27. The Hall–Kier alpha value is -0.480. The number of nitrogens with one attached hydrogen (secondary N) is 1. The van der Waals surface area contributed by atoms with Gasteiger partial charge in [0.05, 0.1) is 0 Å². The summed E-state index contributed by atoms with van der Waals surface area (Å²) in [6.07, 6.45) is 7.01. The molecule has 0 aliphatic heterocycles. The SMILES string of the molecule is CC#CCC(NCC)C1CC2CCC1C2. The van der Waals surface area contributed by atoms with Gasteiger partial charge >= 0.3 is 0 Å². The van der Waals surface area contributed by atoms with E-state index in [-0.39, 0.29) is 0 Å². The van der Waals surface area contributed by atoms with Gasteiger partial charge in [-0.3, -0.25) is 0 Å². The van der Waals surface area contributed by atoms with Gasteiger partial charge in [0, 0.05) is 12.5 Å². The van der Waals surface area contributed by atoms with E-state index in [2.05, 4.69) is 24.1 Å². The molecule has 0 aromatic rings. The molecule has 2 aliphatic rings. The standard InChI is InChI=1S/C14H23N/c1-3-5-6-14(15-4-2)13-10-11-7-8-12(13)9-11/h11-15H,4,6-10H2,1-2H3. The molecule has 4 atom stereocenters. The average molecular weight is 205 g/mol. The second kappa shape index (κ2) is 5.03. The topological polar surface area (TPSA) is 12.0 Å². The molecule has 0 aromatic heterocycles. The Balaban J connectivity index is 1.94. The van der Waals surface area contributed by atoms with Gasteiger partial charge < -0.3 is 5.32 Å². The minimum Gasteiger partial charge on any atom is -0.313 e. The van der Waals surface area contributed by atoms with Crippen molar-refractivity contribution in [2.24, 2.45) is 17.8 Å². The monoisotopic (exact) mass is 205 g/mol. The largest absolute Gasteiger partial charge is 0.313 e. The molecule has 2 rings (SSSR count). The third kappa shape index (κ3) is 2.37.